The molecule has 0 radical (unpaired) electrons. The van der Waals surface area contributed by atoms with Gasteiger partial charge in [0.2, 0.25) is 0 Å². The maximum Gasteiger partial charge on any atom is 0.307 e. The van der Waals surface area contributed by atoms with Crippen LogP contribution in [-0.4, -0.2) is 22.6 Å². The summed E-state index contributed by atoms with van der Waals surface area (Å²) >= 11 is 1.73. The molecule has 1 aliphatic rings. The number of aromatic nitrogens is 1. The van der Waals surface area contributed by atoms with Crippen LogP contribution >= 0.6 is 11.3 Å². The Balaban J connectivity index is 2.08. The second-order valence-electron chi connectivity index (χ2n) is 6.60. The van der Waals surface area contributed by atoms with E-state index < -0.39 is 5.97 Å². The molecule has 3 heterocycles. The lowest BCUT2D eigenvalue weighted by molar-refractivity contribution is -0.136. The largest absolute Gasteiger partial charge is 0.481 e. The smallest absolute Gasteiger partial charge is 0.307 e. The van der Waals surface area contributed by atoms with Gasteiger partial charge in [0.1, 0.15) is 4.83 Å². The first-order valence-corrected chi connectivity index (χ1v) is 9.29. The van der Waals surface area contributed by atoms with Crippen LogP contribution in [-0.2, 0) is 24.2 Å². The van der Waals surface area contributed by atoms with E-state index in [-0.39, 0.29) is 6.42 Å². The molecule has 0 fully saturated rings. The number of hydrogen-bond acceptors (Lipinski definition) is 4. The van der Waals surface area contributed by atoms with Gasteiger partial charge in [-0.2, -0.15) is 0 Å². The topological polar surface area (TPSA) is 62.2 Å². The number of benzene rings is 1. The van der Waals surface area contributed by atoms with E-state index in [4.69, 9.17) is 4.98 Å². The molecule has 0 spiro atoms. The quantitative estimate of drug-likeness (QED) is 0.751. The Hall–Kier alpha value is -2.24. The summed E-state index contributed by atoms with van der Waals surface area (Å²) in [4.78, 5) is 18.6. The van der Waals surface area contributed by atoms with Crippen molar-refractivity contribution in [3.8, 4) is 11.1 Å². The standard InChI is InChI=1S/C20H20N2O2S/c1-11-3-5-13(6-4-11)18-15(9-17(23)24)12(2)22-20-19(18)14-7-8-21-10-16(14)25-20/h3-6,21H,7-10H2,1-2H3,(H,23,24). The molecule has 1 aliphatic heterocycles. The Labute approximate surface area is 150 Å². The SMILES string of the molecule is Cc1ccc(-c2c(CC(=O)O)c(C)nc3sc4c(c23)CCNC4)cc1. The third-order valence-electron chi connectivity index (χ3n) is 4.84. The number of nitrogens with zero attached hydrogens (tertiary/aromatic N) is 1. The first-order valence-electron chi connectivity index (χ1n) is 8.48. The van der Waals surface area contributed by atoms with Crippen LogP contribution in [0, 0.1) is 13.8 Å². The molecule has 3 aromatic rings. The molecule has 0 bridgehead atoms. The Kier molecular flexibility index (Phi) is 4.06. The highest BCUT2D eigenvalue weighted by atomic mass is 32.1. The highest BCUT2D eigenvalue weighted by molar-refractivity contribution is 7.19. The van der Waals surface area contributed by atoms with Crippen molar-refractivity contribution in [2.24, 2.45) is 0 Å². The maximum absolute atomic E-state index is 11.5. The van der Waals surface area contributed by atoms with Crippen LogP contribution in [0.5, 0.6) is 0 Å². The summed E-state index contributed by atoms with van der Waals surface area (Å²) < 4.78 is 0. The van der Waals surface area contributed by atoms with Gasteiger partial charge in [0.25, 0.3) is 0 Å². The normalized spacial score (nSPS) is 13.8. The number of thiophene rings is 1. The predicted molar refractivity (Wildman–Crippen MR) is 101 cm³/mol. The molecule has 4 nitrogen and oxygen atoms in total. The molecule has 0 saturated carbocycles. The molecule has 0 saturated heterocycles. The molecule has 0 atom stereocenters. The van der Waals surface area contributed by atoms with Crippen LogP contribution in [0.2, 0.25) is 0 Å². The Morgan fingerprint density at radius 1 is 1.28 bits per heavy atom. The van der Waals surface area contributed by atoms with Gasteiger partial charge < -0.3 is 10.4 Å². The van der Waals surface area contributed by atoms with E-state index in [1.54, 1.807) is 11.3 Å². The lowest BCUT2D eigenvalue weighted by Gasteiger charge is -2.17. The minimum Gasteiger partial charge on any atom is -0.481 e. The van der Waals surface area contributed by atoms with Gasteiger partial charge in [0.05, 0.1) is 6.42 Å². The van der Waals surface area contributed by atoms with E-state index >= 15 is 0 Å². The van der Waals surface area contributed by atoms with Crippen molar-refractivity contribution < 1.29 is 9.90 Å². The fraction of sp³-hybridized carbons (Fsp3) is 0.300. The van der Waals surface area contributed by atoms with Crippen molar-refractivity contribution in [3.63, 3.8) is 0 Å². The zero-order valence-electron chi connectivity index (χ0n) is 14.3. The number of fused-ring (bicyclic) bond motifs is 3. The summed E-state index contributed by atoms with van der Waals surface area (Å²) in [5, 5.41) is 14.0. The monoisotopic (exact) mass is 352 g/mol. The van der Waals surface area contributed by atoms with Crippen molar-refractivity contribution in [1.82, 2.24) is 10.3 Å². The molecule has 5 heteroatoms. The van der Waals surface area contributed by atoms with E-state index in [9.17, 15) is 9.90 Å². The maximum atomic E-state index is 11.5. The lowest BCUT2D eigenvalue weighted by Crippen LogP contribution is -2.22. The van der Waals surface area contributed by atoms with Crippen molar-refractivity contribution in [2.75, 3.05) is 6.54 Å². The molecule has 25 heavy (non-hydrogen) atoms. The summed E-state index contributed by atoms with van der Waals surface area (Å²) in [6.45, 7) is 5.81. The van der Waals surface area contributed by atoms with Gasteiger partial charge in [-0.1, -0.05) is 29.8 Å². The van der Waals surface area contributed by atoms with Crippen LogP contribution in [0.1, 0.15) is 27.3 Å². The molecule has 0 amide bonds. The fourth-order valence-electron chi connectivity index (χ4n) is 3.61. The number of carboxylic acid groups (broad SMARTS) is 1. The number of pyridine rings is 1. The first-order chi connectivity index (χ1) is 12.0. The molecule has 2 aromatic heterocycles. The number of carboxylic acids is 1. The van der Waals surface area contributed by atoms with E-state index in [1.165, 1.54) is 16.0 Å². The average Bonchev–Trinajstić information content (AvgIpc) is 2.94. The van der Waals surface area contributed by atoms with Gasteiger partial charge >= 0.3 is 5.97 Å². The molecule has 128 valence electrons. The van der Waals surface area contributed by atoms with Gasteiger partial charge in [-0.15, -0.1) is 11.3 Å². The van der Waals surface area contributed by atoms with Crippen LogP contribution < -0.4 is 5.32 Å². The summed E-state index contributed by atoms with van der Waals surface area (Å²) in [5.74, 6) is -0.816. The van der Waals surface area contributed by atoms with Gasteiger partial charge in [-0.05, 0) is 49.1 Å². The second kappa shape index (κ2) is 6.24. The van der Waals surface area contributed by atoms with Gasteiger partial charge in [0.15, 0.2) is 0 Å². The molecule has 0 aliphatic carbocycles. The summed E-state index contributed by atoms with van der Waals surface area (Å²) in [7, 11) is 0. The molecule has 2 N–H and O–H groups in total. The van der Waals surface area contributed by atoms with Crippen molar-refractivity contribution >= 4 is 27.5 Å². The van der Waals surface area contributed by atoms with E-state index in [0.717, 1.165) is 52.1 Å². The minimum absolute atomic E-state index is 0.000846. The number of carbonyl (C=O) groups is 1. The van der Waals surface area contributed by atoms with E-state index in [0.29, 0.717) is 0 Å². The molecular weight excluding hydrogens is 332 g/mol. The number of hydrogen-bond donors (Lipinski definition) is 2. The summed E-state index contributed by atoms with van der Waals surface area (Å²) in [6, 6.07) is 8.36. The van der Waals surface area contributed by atoms with Gasteiger partial charge in [-0.3, -0.25) is 4.79 Å². The summed E-state index contributed by atoms with van der Waals surface area (Å²) in [5.41, 5.74) is 6.33. The minimum atomic E-state index is -0.816. The highest BCUT2D eigenvalue weighted by Crippen LogP contribution is 2.41. The third-order valence-corrected chi connectivity index (χ3v) is 5.96. The average molecular weight is 352 g/mol. The van der Waals surface area contributed by atoms with Crippen LogP contribution in [0.3, 0.4) is 0 Å². The second-order valence-corrected chi connectivity index (χ2v) is 7.68. The van der Waals surface area contributed by atoms with Crippen molar-refractivity contribution in [2.45, 2.75) is 33.2 Å². The van der Waals surface area contributed by atoms with Crippen molar-refractivity contribution in [1.29, 1.82) is 0 Å². The molecule has 0 unspecified atom stereocenters. The molecular formula is C20H20N2O2S. The number of rotatable bonds is 3. The highest BCUT2D eigenvalue weighted by Gasteiger charge is 2.24. The Bertz CT molecular complexity index is 974. The molecule has 1 aromatic carbocycles. The number of aryl methyl sites for hydroxylation is 2. The van der Waals surface area contributed by atoms with Crippen molar-refractivity contribution in [3.05, 3.63) is 51.5 Å². The number of aliphatic carboxylic acids is 1. The van der Waals surface area contributed by atoms with Crippen LogP contribution in [0.4, 0.5) is 0 Å². The van der Waals surface area contributed by atoms with E-state index in [1.807, 2.05) is 6.92 Å². The number of nitrogens with one attached hydrogen (secondary N) is 1. The summed E-state index contributed by atoms with van der Waals surface area (Å²) in [6.07, 6.45) is 0.965. The van der Waals surface area contributed by atoms with Gasteiger partial charge in [-0.25, -0.2) is 4.98 Å². The van der Waals surface area contributed by atoms with Crippen LogP contribution in [0.25, 0.3) is 21.3 Å². The Morgan fingerprint density at radius 3 is 2.76 bits per heavy atom. The zero-order chi connectivity index (χ0) is 17.6. The first kappa shape index (κ1) is 16.2. The van der Waals surface area contributed by atoms with Gasteiger partial charge in [0, 0.05) is 22.5 Å². The third kappa shape index (κ3) is 2.83. The fourth-order valence-corrected chi connectivity index (χ4v) is 4.86. The zero-order valence-corrected chi connectivity index (χ0v) is 15.2. The lowest BCUT2D eigenvalue weighted by atomic mass is 9.91. The predicted octanol–water partition coefficient (Wildman–Crippen LogP) is 3.85. The van der Waals surface area contributed by atoms with Crippen LogP contribution in [0.15, 0.2) is 24.3 Å². The Morgan fingerprint density at radius 2 is 2.04 bits per heavy atom. The molecule has 4 rings (SSSR count). The van der Waals surface area contributed by atoms with E-state index in [2.05, 4.69) is 36.5 Å².